The number of hydrogen-bond donors (Lipinski definition) is 2. The summed E-state index contributed by atoms with van der Waals surface area (Å²) in [4.78, 5) is 25.5. The van der Waals surface area contributed by atoms with Crippen LogP contribution in [0.3, 0.4) is 0 Å². The number of fused-ring (bicyclic) bond motifs is 2. The Hall–Kier alpha value is -3.32. The third kappa shape index (κ3) is 2.71. The van der Waals surface area contributed by atoms with Crippen LogP contribution in [0.4, 0.5) is 5.82 Å². The maximum Gasteiger partial charge on any atom is 0.231 e. The number of amides is 1. The number of carbonyl (C=O) groups is 2. The van der Waals surface area contributed by atoms with Gasteiger partial charge < -0.3 is 14.8 Å². The van der Waals surface area contributed by atoms with Gasteiger partial charge >= 0.3 is 0 Å². The highest BCUT2D eigenvalue weighted by Gasteiger charge is 2.36. The molecule has 0 bridgehead atoms. The van der Waals surface area contributed by atoms with Crippen LogP contribution in [0.25, 0.3) is 11.3 Å². The van der Waals surface area contributed by atoms with Gasteiger partial charge in [0, 0.05) is 28.1 Å². The minimum Gasteiger partial charge on any atom is -0.454 e. The molecule has 0 fully saturated rings. The molecule has 2 aromatic carbocycles. The van der Waals surface area contributed by atoms with Crippen LogP contribution in [0.2, 0.25) is 5.02 Å². The Kier molecular flexibility index (Phi) is 3.84. The van der Waals surface area contributed by atoms with Gasteiger partial charge in [0.15, 0.2) is 23.1 Å². The van der Waals surface area contributed by atoms with Crippen molar-refractivity contribution in [2.24, 2.45) is 0 Å². The Morgan fingerprint density at radius 3 is 2.71 bits per heavy atom. The highest BCUT2D eigenvalue weighted by atomic mass is 35.5. The lowest BCUT2D eigenvalue weighted by atomic mass is 9.84. The molecule has 3 heterocycles. The van der Waals surface area contributed by atoms with E-state index in [9.17, 15) is 9.59 Å². The van der Waals surface area contributed by atoms with E-state index in [1.165, 1.54) is 0 Å². The summed E-state index contributed by atoms with van der Waals surface area (Å²) in [5, 5.41) is 10.5. The normalized spacial score (nSPS) is 17.2. The number of carbonyl (C=O) groups excluding carboxylic acids is 2. The minimum absolute atomic E-state index is 0.0421. The van der Waals surface area contributed by atoms with Crippen molar-refractivity contribution in [1.29, 1.82) is 0 Å². The zero-order chi connectivity index (χ0) is 19.3. The van der Waals surface area contributed by atoms with Crippen molar-refractivity contribution in [3.63, 3.8) is 0 Å². The molecule has 1 atom stereocenters. The van der Waals surface area contributed by atoms with Crippen LogP contribution in [-0.4, -0.2) is 28.7 Å². The molecule has 1 unspecified atom stereocenters. The predicted octanol–water partition coefficient (Wildman–Crippen LogP) is 3.77. The summed E-state index contributed by atoms with van der Waals surface area (Å²) in [6, 6.07) is 12.3. The van der Waals surface area contributed by atoms with Gasteiger partial charge in [-0.2, -0.15) is 5.10 Å². The number of aromatic amines is 1. The van der Waals surface area contributed by atoms with Crippen LogP contribution in [0.1, 0.15) is 28.3 Å². The summed E-state index contributed by atoms with van der Waals surface area (Å²) in [6.07, 6.45) is 0.0421. The number of ether oxygens (including phenoxy) is 2. The van der Waals surface area contributed by atoms with Crippen LogP contribution >= 0.6 is 11.6 Å². The number of nitrogens with one attached hydrogen (secondary N) is 2. The molecule has 0 aliphatic carbocycles. The summed E-state index contributed by atoms with van der Waals surface area (Å²) < 4.78 is 10.7. The molecule has 5 rings (SSSR count). The Labute approximate surface area is 164 Å². The van der Waals surface area contributed by atoms with Crippen molar-refractivity contribution in [2.75, 3.05) is 12.1 Å². The Morgan fingerprint density at radius 1 is 1.11 bits per heavy atom. The third-order valence-corrected chi connectivity index (χ3v) is 5.16. The van der Waals surface area contributed by atoms with Crippen LogP contribution in [0.5, 0.6) is 11.5 Å². The molecule has 0 spiro atoms. The number of anilines is 1. The topological polar surface area (TPSA) is 93.3 Å². The molecule has 1 amide bonds. The van der Waals surface area contributed by atoms with Crippen molar-refractivity contribution in [2.45, 2.75) is 12.3 Å². The Morgan fingerprint density at radius 2 is 1.89 bits per heavy atom. The molecule has 0 saturated carbocycles. The highest BCUT2D eigenvalue weighted by Crippen LogP contribution is 2.41. The number of Topliss-reactive ketones (excluding diaryl/α,β-unsaturated/α-hetero) is 1. The average Bonchev–Trinajstić information content (AvgIpc) is 3.33. The van der Waals surface area contributed by atoms with E-state index >= 15 is 0 Å². The second-order valence-electron chi connectivity index (χ2n) is 6.60. The number of halogens is 1. The number of aromatic nitrogens is 2. The Bertz CT molecular complexity index is 1110. The van der Waals surface area contributed by atoms with E-state index < -0.39 is 5.92 Å². The highest BCUT2D eigenvalue weighted by molar-refractivity contribution is 6.30. The molecule has 7 nitrogen and oxygen atoms in total. The lowest BCUT2D eigenvalue weighted by Gasteiger charge is -2.22. The van der Waals surface area contributed by atoms with Gasteiger partial charge in [-0.3, -0.25) is 14.7 Å². The fraction of sp³-hybridized carbons (Fsp3) is 0.150. The number of nitrogens with zero attached hydrogens (tertiary/aromatic N) is 1. The first-order valence-corrected chi connectivity index (χ1v) is 9.06. The number of benzene rings is 2. The first-order chi connectivity index (χ1) is 13.6. The second kappa shape index (κ2) is 6.38. The van der Waals surface area contributed by atoms with E-state index in [0.29, 0.717) is 39.2 Å². The second-order valence-corrected chi connectivity index (χ2v) is 7.04. The molecule has 28 heavy (non-hydrogen) atoms. The first kappa shape index (κ1) is 16.8. The number of H-pyrrole nitrogens is 1. The van der Waals surface area contributed by atoms with Gasteiger partial charge in [-0.25, -0.2) is 0 Å². The number of ketones is 1. The van der Waals surface area contributed by atoms with Gasteiger partial charge in [0.05, 0.1) is 11.6 Å². The number of rotatable bonds is 3. The molecule has 3 aromatic rings. The van der Waals surface area contributed by atoms with Gasteiger partial charge in [-0.15, -0.1) is 0 Å². The smallest absolute Gasteiger partial charge is 0.231 e. The summed E-state index contributed by atoms with van der Waals surface area (Å²) in [7, 11) is 0. The van der Waals surface area contributed by atoms with E-state index in [1.807, 2.05) is 12.1 Å². The molecule has 140 valence electrons. The summed E-state index contributed by atoms with van der Waals surface area (Å²) in [6.45, 7) is 0.130. The molecule has 2 aliphatic rings. The first-order valence-electron chi connectivity index (χ1n) is 8.68. The fourth-order valence-electron chi connectivity index (χ4n) is 3.57. The van der Waals surface area contributed by atoms with Gasteiger partial charge in [0.2, 0.25) is 12.7 Å². The fourth-order valence-corrected chi connectivity index (χ4v) is 3.69. The van der Waals surface area contributed by atoms with Gasteiger partial charge in [-0.1, -0.05) is 23.7 Å². The van der Waals surface area contributed by atoms with Crippen molar-refractivity contribution >= 4 is 29.1 Å². The average molecular weight is 396 g/mol. The quantitative estimate of drug-likeness (QED) is 0.658. The molecule has 0 radical (unpaired) electrons. The van der Waals surface area contributed by atoms with E-state index in [-0.39, 0.29) is 24.9 Å². The van der Waals surface area contributed by atoms with Crippen LogP contribution < -0.4 is 14.8 Å². The zero-order valence-corrected chi connectivity index (χ0v) is 15.2. The molecule has 1 aromatic heterocycles. The molecule has 0 saturated heterocycles. The van der Waals surface area contributed by atoms with Gasteiger partial charge in [0.1, 0.15) is 0 Å². The molecule has 2 aliphatic heterocycles. The van der Waals surface area contributed by atoms with Gasteiger partial charge in [0.25, 0.3) is 0 Å². The van der Waals surface area contributed by atoms with Crippen molar-refractivity contribution < 1.29 is 19.1 Å². The van der Waals surface area contributed by atoms with E-state index in [1.54, 1.807) is 30.3 Å². The lowest BCUT2D eigenvalue weighted by Crippen LogP contribution is -2.27. The lowest BCUT2D eigenvalue weighted by molar-refractivity contribution is -0.116. The molecular weight excluding hydrogens is 382 g/mol. The maximum atomic E-state index is 13.3. The van der Waals surface area contributed by atoms with Crippen molar-refractivity contribution in [3.05, 3.63) is 58.6 Å². The van der Waals surface area contributed by atoms with Crippen LogP contribution in [0, 0.1) is 0 Å². The van der Waals surface area contributed by atoms with Gasteiger partial charge in [-0.05, 0) is 30.3 Å². The van der Waals surface area contributed by atoms with E-state index in [4.69, 9.17) is 21.1 Å². The summed E-state index contributed by atoms with van der Waals surface area (Å²) >= 11 is 5.98. The summed E-state index contributed by atoms with van der Waals surface area (Å²) in [5.74, 6) is 0.417. The third-order valence-electron chi connectivity index (χ3n) is 4.91. The zero-order valence-electron chi connectivity index (χ0n) is 14.5. The summed E-state index contributed by atoms with van der Waals surface area (Å²) in [5.41, 5.74) is 2.64. The van der Waals surface area contributed by atoms with E-state index in [2.05, 4.69) is 15.5 Å². The largest absolute Gasteiger partial charge is 0.454 e. The molecule has 2 N–H and O–H groups in total. The van der Waals surface area contributed by atoms with Crippen LogP contribution in [-0.2, 0) is 4.79 Å². The number of hydrogen-bond acceptors (Lipinski definition) is 5. The van der Waals surface area contributed by atoms with Crippen molar-refractivity contribution in [1.82, 2.24) is 10.2 Å². The SMILES string of the molecule is O=C1CC(C(=O)c2ccc3c(c2)OCO3)c2c(n[nH]c2-c2ccc(Cl)cc2)N1. The Balaban J connectivity index is 1.58. The van der Waals surface area contributed by atoms with Crippen molar-refractivity contribution in [3.8, 4) is 22.8 Å². The predicted molar refractivity (Wildman–Crippen MR) is 102 cm³/mol. The van der Waals surface area contributed by atoms with Crippen LogP contribution in [0.15, 0.2) is 42.5 Å². The maximum absolute atomic E-state index is 13.3. The molecular formula is C20H14ClN3O4. The minimum atomic E-state index is -0.659. The molecule has 8 heteroatoms. The monoisotopic (exact) mass is 395 g/mol. The van der Waals surface area contributed by atoms with E-state index in [0.717, 1.165) is 5.56 Å². The standard InChI is InChI=1S/C20H14ClN3O4/c21-12-4-1-10(2-5-12)18-17-13(8-16(25)22-20(17)24-23-18)19(26)11-3-6-14-15(7-11)28-9-27-14/h1-7,13H,8-9H2,(H2,22,23,24,25).